The van der Waals surface area contributed by atoms with Crippen LogP contribution < -0.4 is 9.47 Å². The van der Waals surface area contributed by atoms with E-state index in [0.717, 1.165) is 11.1 Å². The highest BCUT2D eigenvalue weighted by Crippen LogP contribution is 2.27. The molecule has 0 fully saturated rings. The van der Waals surface area contributed by atoms with E-state index >= 15 is 0 Å². The maximum atomic E-state index is 11.1. The molecule has 0 amide bonds. The molecule has 0 saturated heterocycles. The zero-order valence-electron chi connectivity index (χ0n) is 12.1. The molecule has 2 aromatic carbocycles. The van der Waals surface area contributed by atoms with Gasteiger partial charge in [0.05, 0.1) is 14.2 Å². The molecule has 0 atom stereocenters. The molecule has 2 rings (SSSR count). The molecule has 0 bridgehead atoms. The lowest BCUT2D eigenvalue weighted by atomic mass is 10.1. The van der Waals surface area contributed by atoms with Crippen LogP contribution in [0.5, 0.6) is 11.5 Å². The molecular weight excluding hydrogens is 288 g/mol. The number of rotatable bonds is 3. The van der Waals surface area contributed by atoms with Crippen molar-refractivity contribution < 1.29 is 28.5 Å². The molecule has 0 aliphatic heterocycles. The fourth-order valence-electron chi connectivity index (χ4n) is 1.75. The first-order chi connectivity index (χ1) is 10.6. The van der Waals surface area contributed by atoms with Gasteiger partial charge < -0.3 is 18.9 Å². The lowest BCUT2D eigenvalue weighted by molar-refractivity contribution is 0.120. The van der Waals surface area contributed by atoms with E-state index in [2.05, 4.69) is 9.47 Å². The van der Waals surface area contributed by atoms with Crippen LogP contribution in [0.15, 0.2) is 48.5 Å². The molecule has 2 aromatic rings. The zero-order valence-corrected chi connectivity index (χ0v) is 12.1. The van der Waals surface area contributed by atoms with Crippen molar-refractivity contribution in [2.45, 2.75) is 0 Å². The van der Waals surface area contributed by atoms with Gasteiger partial charge in [-0.05, 0) is 35.4 Å². The number of carbonyl (C=O) groups excluding carboxylic acids is 2. The van der Waals surface area contributed by atoms with Gasteiger partial charge in [0.1, 0.15) is 11.5 Å². The Labute approximate surface area is 127 Å². The van der Waals surface area contributed by atoms with Crippen molar-refractivity contribution in [2.75, 3.05) is 14.2 Å². The van der Waals surface area contributed by atoms with E-state index in [1.54, 1.807) is 36.4 Å². The van der Waals surface area contributed by atoms with E-state index < -0.39 is 12.3 Å². The van der Waals surface area contributed by atoms with Crippen molar-refractivity contribution in [1.29, 1.82) is 0 Å². The van der Waals surface area contributed by atoms with Gasteiger partial charge in [0.15, 0.2) is 0 Å². The highest BCUT2D eigenvalue weighted by molar-refractivity contribution is 5.70. The van der Waals surface area contributed by atoms with Crippen LogP contribution >= 0.6 is 0 Å². The topological polar surface area (TPSA) is 71.1 Å². The van der Waals surface area contributed by atoms with E-state index in [-0.39, 0.29) is 0 Å². The minimum Gasteiger partial charge on any atom is -0.437 e. The number of ether oxygens (including phenoxy) is 4. The van der Waals surface area contributed by atoms with Crippen molar-refractivity contribution in [2.24, 2.45) is 0 Å². The summed E-state index contributed by atoms with van der Waals surface area (Å²) >= 11 is 0. The van der Waals surface area contributed by atoms with E-state index in [1.807, 2.05) is 12.1 Å². The van der Waals surface area contributed by atoms with E-state index in [9.17, 15) is 9.59 Å². The number of methoxy groups -OCH3 is 2. The SMILES string of the molecule is COC(=O)Oc1cccc(-c2cccc(OC(=O)OC)c2)c1. The second-order valence-corrected chi connectivity index (χ2v) is 4.17. The zero-order chi connectivity index (χ0) is 15.9. The summed E-state index contributed by atoms with van der Waals surface area (Å²) in [4.78, 5) is 22.2. The molecule has 0 spiro atoms. The number of carbonyl (C=O) groups is 2. The van der Waals surface area contributed by atoms with Gasteiger partial charge in [0.25, 0.3) is 0 Å². The van der Waals surface area contributed by atoms with Gasteiger partial charge in [0, 0.05) is 0 Å². The predicted octanol–water partition coefficient (Wildman–Crippen LogP) is 3.64. The van der Waals surface area contributed by atoms with E-state index in [1.165, 1.54) is 14.2 Å². The summed E-state index contributed by atoms with van der Waals surface area (Å²) in [6, 6.07) is 13.8. The Morgan fingerprint density at radius 3 is 1.50 bits per heavy atom. The fourth-order valence-corrected chi connectivity index (χ4v) is 1.75. The van der Waals surface area contributed by atoms with Crippen LogP contribution in [-0.2, 0) is 9.47 Å². The summed E-state index contributed by atoms with van der Waals surface area (Å²) in [7, 11) is 2.47. The molecule has 0 heterocycles. The number of hydrogen-bond acceptors (Lipinski definition) is 6. The molecule has 0 unspecified atom stereocenters. The van der Waals surface area contributed by atoms with Gasteiger partial charge >= 0.3 is 12.3 Å². The molecule has 0 radical (unpaired) electrons. The van der Waals surface area contributed by atoms with Crippen LogP contribution in [0.3, 0.4) is 0 Å². The summed E-state index contributed by atoms with van der Waals surface area (Å²) < 4.78 is 18.8. The Bertz CT molecular complexity index is 620. The van der Waals surface area contributed by atoms with Gasteiger partial charge in [0.2, 0.25) is 0 Å². The van der Waals surface area contributed by atoms with Crippen molar-refractivity contribution in [3.63, 3.8) is 0 Å². The first kappa shape index (κ1) is 15.4. The van der Waals surface area contributed by atoms with Gasteiger partial charge in [-0.15, -0.1) is 0 Å². The molecule has 0 N–H and O–H groups in total. The van der Waals surface area contributed by atoms with Gasteiger partial charge in [-0.1, -0.05) is 24.3 Å². The third-order valence-corrected chi connectivity index (χ3v) is 2.74. The predicted molar refractivity (Wildman–Crippen MR) is 77.9 cm³/mol. The normalized spacial score (nSPS) is 9.73. The minimum absolute atomic E-state index is 0.351. The van der Waals surface area contributed by atoms with Crippen LogP contribution in [0.2, 0.25) is 0 Å². The second kappa shape index (κ2) is 7.12. The van der Waals surface area contributed by atoms with Gasteiger partial charge in [-0.3, -0.25) is 0 Å². The molecule has 6 heteroatoms. The highest BCUT2D eigenvalue weighted by atomic mass is 16.7. The van der Waals surface area contributed by atoms with Crippen molar-refractivity contribution in [1.82, 2.24) is 0 Å². The summed E-state index contributed by atoms with van der Waals surface area (Å²) in [6.07, 6.45) is -1.58. The molecule has 0 saturated carbocycles. The number of benzene rings is 2. The van der Waals surface area contributed by atoms with Gasteiger partial charge in [-0.2, -0.15) is 0 Å². The Hall–Kier alpha value is -3.02. The maximum Gasteiger partial charge on any atom is 0.513 e. The van der Waals surface area contributed by atoms with E-state index in [0.29, 0.717) is 11.5 Å². The molecule has 22 heavy (non-hydrogen) atoms. The van der Waals surface area contributed by atoms with Crippen LogP contribution in [0.1, 0.15) is 0 Å². The lowest BCUT2D eigenvalue weighted by Crippen LogP contribution is -2.07. The maximum absolute atomic E-state index is 11.1. The largest absolute Gasteiger partial charge is 0.513 e. The molecule has 0 aliphatic rings. The fraction of sp³-hybridized carbons (Fsp3) is 0.125. The van der Waals surface area contributed by atoms with Crippen molar-refractivity contribution >= 4 is 12.3 Å². The first-order valence-corrected chi connectivity index (χ1v) is 6.34. The Morgan fingerprint density at radius 2 is 1.14 bits per heavy atom. The van der Waals surface area contributed by atoms with Crippen LogP contribution in [0, 0.1) is 0 Å². The summed E-state index contributed by atoms with van der Waals surface area (Å²) in [6.45, 7) is 0. The Kier molecular flexibility index (Phi) is 4.98. The molecular formula is C16H14O6. The highest BCUT2D eigenvalue weighted by Gasteiger charge is 2.08. The quantitative estimate of drug-likeness (QED) is 0.636. The lowest BCUT2D eigenvalue weighted by Gasteiger charge is -2.07. The number of hydrogen-bond donors (Lipinski definition) is 0. The molecule has 114 valence electrons. The second-order valence-electron chi connectivity index (χ2n) is 4.17. The molecule has 0 aliphatic carbocycles. The smallest absolute Gasteiger partial charge is 0.437 e. The summed E-state index contributed by atoms with van der Waals surface area (Å²) in [5, 5.41) is 0. The monoisotopic (exact) mass is 302 g/mol. The summed E-state index contributed by atoms with van der Waals surface area (Å²) in [5.74, 6) is 0.701. The average Bonchev–Trinajstić information content (AvgIpc) is 2.55. The van der Waals surface area contributed by atoms with Gasteiger partial charge in [-0.25, -0.2) is 9.59 Å². The van der Waals surface area contributed by atoms with Crippen LogP contribution in [0.4, 0.5) is 9.59 Å². The van der Waals surface area contributed by atoms with Crippen molar-refractivity contribution in [3.05, 3.63) is 48.5 Å². The van der Waals surface area contributed by atoms with E-state index in [4.69, 9.17) is 9.47 Å². The molecule has 6 nitrogen and oxygen atoms in total. The molecule has 0 aromatic heterocycles. The first-order valence-electron chi connectivity index (χ1n) is 6.34. The minimum atomic E-state index is -0.792. The summed E-state index contributed by atoms with van der Waals surface area (Å²) in [5.41, 5.74) is 1.58. The standard InChI is InChI=1S/C16H14O6/c1-19-15(17)21-13-7-3-5-11(9-13)12-6-4-8-14(10-12)22-16(18)20-2/h3-10H,1-2H3. The Balaban J connectivity index is 2.24. The van der Waals surface area contributed by atoms with Crippen LogP contribution in [0.25, 0.3) is 11.1 Å². The Morgan fingerprint density at radius 1 is 0.727 bits per heavy atom. The van der Waals surface area contributed by atoms with Crippen LogP contribution in [-0.4, -0.2) is 26.5 Å². The third-order valence-electron chi connectivity index (χ3n) is 2.74. The third kappa shape index (κ3) is 3.99. The average molecular weight is 302 g/mol. The van der Waals surface area contributed by atoms with Crippen molar-refractivity contribution in [3.8, 4) is 22.6 Å².